The summed E-state index contributed by atoms with van der Waals surface area (Å²) in [6.45, 7) is 11.1. The zero-order chi connectivity index (χ0) is 24.5. The lowest BCUT2D eigenvalue weighted by atomic mass is 9.74. The number of fused-ring (bicyclic) bond motifs is 1. The number of amides is 1. The first-order valence-electron chi connectivity index (χ1n) is 13.2. The summed E-state index contributed by atoms with van der Waals surface area (Å²) in [7, 11) is 0. The van der Waals surface area contributed by atoms with Crippen LogP contribution in [0.2, 0.25) is 0 Å². The summed E-state index contributed by atoms with van der Waals surface area (Å²) in [4.78, 5) is 31.7. The first-order chi connectivity index (χ1) is 16.9. The molecule has 1 aromatic rings. The van der Waals surface area contributed by atoms with Crippen molar-refractivity contribution < 1.29 is 23.8 Å². The molecule has 0 bridgehead atoms. The van der Waals surface area contributed by atoms with Gasteiger partial charge in [0, 0.05) is 26.2 Å². The quantitative estimate of drug-likeness (QED) is 0.590. The van der Waals surface area contributed by atoms with Crippen molar-refractivity contribution in [2.45, 2.75) is 64.7 Å². The molecule has 3 heterocycles. The fraction of sp³-hybridized carbons (Fsp3) is 0.643. The van der Waals surface area contributed by atoms with Crippen LogP contribution in [-0.4, -0.2) is 73.1 Å². The molecule has 7 nitrogen and oxygen atoms in total. The van der Waals surface area contributed by atoms with Crippen molar-refractivity contribution >= 4 is 11.7 Å². The van der Waals surface area contributed by atoms with Gasteiger partial charge in [-0.05, 0) is 63.1 Å². The molecule has 35 heavy (non-hydrogen) atoms. The van der Waals surface area contributed by atoms with E-state index >= 15 is 0 Å². The third-order valence-corrected chi connectivity index (χ3v) is 7.75. The van der Waals surface area contributed by atoms with Crippen molar-refractivity contribution in [3.8, 4) is 5.75 Å². The summed E-state index contributed by atoms with van der Waals surface area (Å²) in [6, 6.07) is 7.45. The van der Waals surface area contributed by atoms with Crippen LogP contribution in [0.4, 0.5) is 0 Å². The maximum atomic E-state index is 13.8. The average molecular weight is 483 g/mol. The summed E-state index contributed by atoms with van der Waals surface area (Å²) < 4.78 is 17.6. The molecular weight excluding hydrogens is 444 g/mol. The maximum absolute atomic E-state index is 13.8. The highest BCUT2D eigenvalue weighted by atomic mass is 16.5. The number of ketones is 1. The molecule has 0 radical (unpaired) electrons. The van der Waals surface area contributed by atoms with Crippen LogP contribution < -0.4 is 4.74 Å². The molecular formula is C28H38N2O5. The lowest BCUT2D eigenvalue weighted by Crippen LogP contribution is -2.41. The molecule has 1 amide bonds. The Bertz CT molecular complexity index is 966. The first kappa shape index (κ1) is 24.3. The molecule has 1 saturated carbocycles. The second-order valence-corrected chi connectivity index (χ2v) is 10.7. The van der Waals surface area contributed by atoms with Crippen LogP contribution in [0.5, 0.6) is 5.75 Å². The van der Waals surface area contributed by atoms with Gasteiger partial charge in [0.1, 0.15) is 11.9 Å². The molecule has 4 atom stereocenters. The number of hydrogen-bond donors (Lipinski definition) is 0. The van der Waals surface area contributed by atoms with Crippen LogP contribution in [-0.2, 0) is 19.1 Å². The fourth-order valence-corrected chi connectivity index (χ4v) is 5.99. The van der Waals surface area contributed by atoms with E-state index in [2.05, 4.69) is 11.8 Å². The summed E-state index contributed by atoms with van der Waals surface area (Å²) in [6.07, 6.45) is 3.46. The van der Waals surface area contributed by atoms with Crippen molar-refractivity contribution in [2.24, 2.45) is 11.8 Å². The van der Waals surface area contributed by atoms with Crippen LogP contribution in [0.3, 0.4) is 0 Å². The van der Waals surface area contributed by atoms with Gasteiger partial charge in [-0.3, -0.25) is 14.5 Å². The zero-order valence-corrected chi connectivity index (χ0v) is 21.2. The van der Waals surface area contributed by atoms with Crippen LogP contribution in [0.1, 0.15) is 58.1 Å². The van der Waals surface area contributed by atoms with Crippen molar-refractivity contribution in [1.82, 2.24) is 9.80 Å². The lowest BCUT2D eigenvalue weighted by Gasteiger charge is -2.37. The standard InChI is InChI=1S/C28H38N2O5/c1-18(2)34-21-8-6-20(7-9-21)25-24-26(31)22-17-19(3)5-10-23(22)35-27(24)28(32)30(25)12-4-11-29-13-15-33-16-14-29/h6-9,18-19,22-23,25H,4-5,10-17H2,1-3H3. The number of rotatable bonds is 7. The van der Waals surface area contributed by atoms with E-state index in [1.165, 1.54) is 0 Å². The highest BCUT2D eigenvalue weighted by Gasteiger charge is 2.52. The van der Waals surface area contributed by atoms with Crippen LogP contribution in [0.25, 0.3) is 0 Å². The molecule has 3 aliphatic heterocycles. The molecule has 1 saturated heterocycles. The zero-order valence-electron chi connectivity index (χ0n) is 21.2. The second-order valence-electron chi connectivity index (χ2n) is 10.7. The summed E-state index contributed by atoms with van der Waals surface area (Å²) >= 11 is 0. The summed E-state index contributed by atoms with van der Waals surface area (Å²) in [5.41, 5.74) is 1.50. The molecule has 5 rings (SSSR count). The smallest absolute Gasteiger partial charge is 0.290 e. The molecule has 2 fully saturated rings. The van der Waals surface area contributed by atoms with Crippen LogP contribution in [0.15, 0.2) is 35.6 Å². The third-order valence-electron chi connectivity index (χ3n) is 7.75. The van der Waals surface area contributed by atoms with E-state index in [0.717, 1.165) is 69.8 Å². The minimum atomic E-state index is -0.402. The number of morpholine rings is 1. The largest absolute Gasteiger partial charge is 0.491 e. The molecule has 4 unspecified atom stereocenters. The van der Waals surface area contributed by atoms with E-state index in [9.17, 15) is 9.59 Å². The number of carbonyl (C=O) groups is 2. The van der Waals surface area contributed by atoms with Gasteiger partial charge in [0.15, 0.2) is 11.5 Å². The van der Waals surface area contributed by atoms with Gasteiger partial charge in [-0.15, -0.1) is 0 Å². The number of hydrogen-bond acceptors (Lipinski definition) is 6. The Morgan fingerprint density at radius 1 is 1.06 bits per heavy atom. The number of Topliss-reactive ketones (excluding diaryl/α,β-unsaturated/α-hetero) is 1. The molecule has 190 valence electrons. The predicted octanol–water partition coefficient (Wildman–Crippen LogP) is 3.74. The first-order valence-corrected chi connectivity index (χ1v) is 13.2. The van der Waals surface area contributed by atoms with Gasteiger partial charge >= 0.3 is 0 Å². The third kappa shape index (κ3) is 4.98. The summed E-state index contributed by atoms with van der Waals surface area (Å²) in [5, 5.41) is 0. The Labute approximate surface area is 208 Å². The van der Waals surface area contributed by atoms with Crippen LogP contribution in [0, 0.1) is 11.8 Å². The SMILES string of the molecule is CC1CCC2OC3=C(C(=O)C2C1)C(c1ccc(OC(C)C)cc1)N(CCCN1CCOCC1)C3=O. The summed E-state index contributed by atoms with van der Waals surface area (Å²) in [5.74, 6) is 1.40. The van der Waals surface area contributed by atoms with E-state index in [4.69, 9.17) is 14.2 Å². The van der Waals surface area contributed by atoms with Gasteiger partial charge in [-0.2, -0.15) is 0 Å². The van der Waals surface area contributed by atoms with Gasteiger partial charge in [0.2, 0.25) is 0 Å². The predicted molar refractivity (Wildman–Crippen MR) is 132 cm³/mol. The Kier molecular flexibility index (Phi) is 7.17. The van der Waals surface area contributed by atoms with E-state index in [1.807, 2.05) is 43.0 Å². The molecule has 0 aromatic heterocycles. The Morgan fingerprint density at radius 3 is 2.51 bits per heavy atom. The van der Waals surface area contributed by atoms with Crippen molar-refractivity contribution in [1.29, 1.82) is 0 Å². The average Bonchev–Trinajstić information content (AvgIpc) is 3.12. The minimum Gasteiger partial charge on any atom is -0.491 e. The van der Waals surface area contributed by atoms with Crippen LogP contribution >= 0.6 is 0 Å². The van der Waals surface area contributed by atoms with E-state index in [1.54, 1.807) is 0 Å². The van der Waals surface area contributed by atoms with E-state index in [-0.39, 0.29) is 29.8 Å². The molecule has 1 aromatic carbocycles. The van der Waals surface area contributed by atoms with Gasteiger partial charge in [-0.25, -0.2) is 0 Å². The van der Waals surface area contributed by atoms with Crippen molar-refractivity contribution in [2.75, 3.05) is 39.4 Å². The molecule has 7 heteroatoms. The molecule has 1 aliphatic carbocycles. The Balaban J connectivity index is 1.41. The lowest BCUT2D eigenvalue weighted by molar-refractivity contribution is -0.136. The molecule has 0 spiro atoms. The molecule has 4 aliphatic rings. The van der Waals surface area contributed by atoms with Gasteiger partial charge in [0.25, 0.3) is 5.91 Å². The van der Waals surface area contributed by atoms with E-state index in [0.29, 0.717) is 23.8 Å². The Morgan fingerprint density at radius 2 is 1.80 bits per heavy atom. The highest BCUT2D eigenvalue weighted by molar-refractivity contribution is 6.11. The minimum absolute atomic E-state index is 0.0819. The Hall–Kier alpha value is -2.38. The van der Waals surface area contributed by atoms with E-state index < -0.39 is 6.04 Å². The van der Waals surface area contributed by atoms with Gasteiger partial charge < -0.3 is 19.1 Å². The van der Waals surface area contributed by atoms with Crippen molar-refractivity contribution in [3.05, 3.63) is 41.2 Å². The second kappa shape index (κ2) is 10.3. The normalized spacial score (nSPS) is 29.3. The number of carbonyl (C=O) groups excluding carboxylic acids is 2. The highest BCUT2D eigenvalue weighted by Crippen LogP contribution is 2.47. The fourth-order valence-electron chi connectivity index (χ4n) is 5.99. The number of nitrogens with zero attached hydrogens (tertiary/aromatic N) is 2. The maximum Gasteiger partial charge on any atom is 0.290 e. The molecule has 0 N–H and O–H groups in total. The number of benzene rings is 1. The van der Waals surface area contributed by atoms with Crippen molar-refractivity contribution in [3.63, 3.8) is 0 Å². The monoisotopic (exact) mass is 482 g/mol. The topological polar surface area (TPSA) is 68.3 Å². The van der Waals surface area contributed by atoms with Gasteiger partial charge in [-0.1, -0.05) is 19.1 Å². The van der Waals surface area contributed by atoms with Gasteiger partial charge in [0.05, 0.1) is 36.9 Å². The number of ether oxygens (including phenoxy) is 3.